The topological polar surface area (TPSA) is 94.1 Å². The Hall–Kier alpha value is -2.38. The van der Waals surface area contributed by atoms with E-state index >= 15 is 0 Å². The molecule has 1 heterocycles. The molecule has 2 rings (SSSR count). The van der Waals surface area contributed by atoms with Crippen LogP contribution in [0.5, 0.6) is 5.75 Å². The third-order valence-electron chi connectivity index (χ3n) is 3.68. The van der Waals surface area contributed by atoms with Crippen LogP contribution in [0.1, 0.15) is 23.2 Å². The van der Waals surface area contributed by atoms with Crippen molar-refractivity contribution in [3.63, 3.8) is 0 Å². The molecule has 2 unspecified atom stereocenters. The van der Waals surface area contributed by atoms with Gasteiger partial charge in [0.05, 0.1) is 19.3 Å². The van der Waals surface area contributed by atoms with Crippen molar-refractivity contribution in [3.05, 3.63) is 42.5 Å². The van der Waals surface area contributed by atoms with E-state index in [4.69, 9.17) is 19.3 Å². The van der Waals surface area contributed by atoms with E-state index in [1.54, 1.807) is 24.3 Å². The first-order valence-corrected chi connectivity index (χ1v) is 8.17. The molecule has 1 aliphatic heterocycles. The lowest BCUT2D eigenvalue weighted by molar-refractivity contribution is -0.140. The van der Waals surface area contributed by atoms with E-state index in [0.29, 0.717) is 17.9 Å². The Morgan fingerprint density at radius 2 is 2.32 bits per heavy atom. The van der Waals surface area contributed by atoms with Gasteiger partial charge in [0.25, 0.3) is 5.91 Å². The van der Waals surface area contributed by atoms with Gasteiger partial charge in [-0.15, -0.1) is 6.58 Å². The summed E-state index contributed by atoms with van der Waals surface area (Å²) in [6.07, 6.45) is 3.58. The van der Waals surface area contributed by atoms with Crippen LogP contribution in [0.25, 0.3) is 0 Å². The molecule has 0 saturated carbocycles. The van der Waals surface area contributed by atoms with Gasteiger partial charge in [-0.3, -0.25) is 4.79 Å². The van der Waals surface area contributed by atoms with Gasteiger partial charge in [-0.1, -0.05) is 12.1 Å². The molecular formula is C18H23NO6. The highest BCUT2D eigenvalue weighted by atomic mass is 16.5. The monoisotopic (exact) mass is 349 g/mol. The quantitative estimate of drug-likeness (QED) is 0.492. The second kappa shape index (κ2) is 9.80. The van der Waals surface area contributed by atoms with Crippen molar-refractivity contribution in [2.45, 2.75) is 25.0 Å². The van der Waals surface area contributed by atoms with Crippen LogP contribution in [0.2, 0.25) is 0 Å². The molecule has 1 fully saturated rings. The van der Waals surface area contributed by atoms with Gasteiger partial charge >= 0.3 is 5.97 Å². The summed E-state index contributed by atoms with van der Waals surface area (Å²) in [5.74, 6) is -1.13. The molecule has 1 aromatic carbocycles. The van der Waals surface area contributed by atoms with Crippen molar-refractivity contribution >= 4 is 11.9 Å². The summed E-state index contributed by atoms with van der Waals surface area (Å²) >= 11 is 0. The van der Waals surface area contributed by atoms with E-state index < -0.39 is 17.9 Å². The van der Waals surface area contributed by atoms with Crippen LogP contribution in [0.4, 0.5) is 0 Å². The number of benzene rings is 1. The fourth-order valence-corrected chi connectivity index (χ4v) is 2.38. The number of nitrogens with one attached hydrogen (secondary N) is 1. The molecule has 0 aromatic heterocycles. The number of aliphatic carboxylic acids is 1. The van der Waals surface area contributed by atoms with Crippen LogP contribution in [0.15, 0.2) is 36.9 Å². The number of ether oxygens (including phenoxy) is 3. The highest BCUT2D eigenvalue weighted by Crippen LogP contribution is 2.17. The summed E-state index contributed by atoms with van der Waals surface area (Å²) in [7, 11) is 0. The lowest BCUT2D eigenvalue weighted by Crippen LogP contribution is -2.44. The molecule has 1 amide bonds. The van der Waals surface area contributed by atoms with Crippen molar-refractivity contribution in [2.75, 3.05) is 26.4 Å². The van der Waals surface area contributed by atoms with Crippen LogP contribution in [0, 0.1) is 0 Å². The largest absolute Gasteiger partial charge is 0.491 e. The SMILES string of the molecule is C=CCOCC(NC(=O)c1cccc(OCC2CCCO2)c1)C(=O)O. The molecular weight excluding hydrogens is 326 g/mol. The lowest BCUT2D eigenvalue weighted by Gasteiger charge is -2.15. The average Bonchev–Trinajstić information content (AvgIpc) is 3.13. The first-order chi connectivity index (χ1) is 12.1. The van der Waals surface area contributed by atoms with Crippen LogP contribution >= 0.6 is 0 Å². The van der Waals surface area contributed by atoms with E-state index in [1.807, 2.05) is 0 Å². The van der Waals surface area contributed by atoms with Gasteiger partial charge in [0.1, 0.15) is 12.4 Å². The number of carbonyl (C=O) groups is 2. The number of carboxylic acids is 1. The van der Waals surface area contributed by atoms with Crippen molar-refractivity contribution < 1.29 is 28.9 Å². The average molecular weight is 349 g/mol. The second-order valence-corrected chi connectivity index (χ2v) is 5.66. The maximum Gasteiger partial charge on any atom is 0.328 e. The normalized spacial score (nSPS) is 17.7. The Balaban J connectivity index is 1.91. The molecule has 1 saturated heterocycles. The zero-order chi connectivity index (χ0) is 18.1. The van der Waals surface area contributed by atoms with E-state index in [9.17, 15) is 9.59 Å². The summed E-state index contributed by atoms with van der Waals surface area (Å²) in [5.41, 5.74) is 0.319. The molecule has 0 aliphatic carbocycles. The number of carboxylic acid groups (broad SMARTS) is 1. The van der Waals surface area contributed by atoms with E-state index in [1.165, 1.54) is 6.08 Å². The summed E-state index contributed by atoms with van der Waals surface area (Å²) in [4.78, 5) is 23.5. The third-order valence-corrected chi connectivity index (χ3v) is 3.68. The molecule has 0 bridgehead atoms. The summed E-state index contributed by atoms with van der Waals surface area (Å²) in [6, 6.07) is 5.46. The highest BCUT2D eigenvalue weighted by molar-refractivity contribution is 5.96. The minimum absolute atomic E-state index is 0.0795. The highest BCUT2D eigenvalue weighted by Gasteiger charge is 2.21. The Morgan fingerprint density at radius 3 is 3.00 bits per heavy atom. The van der Waals surface area contributed by atoms with Crippen molar-refractivity contribution in [1.29, 1.82) is 0 Å². The molecule has 7 heteroatoms. The molecule has 7 nitrogen and oxygen atoms in total. The maximum atomic E-state index is 12.3. The van der Waals surface area contributed by atoms with Crippen molar-refractivity contribution in [1.82, 2.24) is 5.32 Å². The smallest absolute Gasteiger partial charge is 0.328 e. The van der Waals surface area contributed by atoms with Gasteiger partial charge in [0.15, 0.2) is 6.04 Å². The van der Waals surface area contributed by atoms with Gasteiger partial charge in [-0.05, 0) is 31.0 Å². The van der Waals surface area contributed by atoms with Gasteiger partial charge < -0.3 is 24.6 Å². The fraction of sp³-hybridized carbons (Fsp3) is 0.444. The molecule has 1 aromatic rings. The van der Waals surface area contributed by atoms with Gasteiger partial charge in [-0.2, -0.15) is 0 Å². The van der Waals surface area contributed by atoms with Gasteiger partial charge in [0, 0.05) is 12.2 Å². The summed E-state index contributed by atoms with van der Waals surface area (Å²) < 4.78 is 16.3. The molecule has 2 N–H and O–H groups in total. The predicted octanol–water partition coefficient (Wildman–Crippen LogP) is 1.63. The third kappa shape index (κ3) is 6.21. The van der Waals surface area contributed by atoms with Crippen LogP contribution in [-0.4, -0.2) is 55.6 Å². The number of hydrogen-bond donors (Lipinski definition) is 2. The van der Waals surface area contributed by atoms with Crippen molar-refractivity contribution in [2.24, 2.45) is 0 Å². The number of rotatable bonds is 10. The van der Waals surface area contributed by atoms with Gasteiger partial charge in [-0.25, -0.2) is 4.79 Å². The standard InChI is InChI=1S/C18H23NO6/c1-2-8-23-12-16(18(21)22)19-17(20)13-5-3-6-14(10-13)25-11-15-7-4-9-24-15/h2-3,5-6,10,15-16H,1,4,7-9,11-12H2,(H,19,20)(H,21,22). The first-order valence-electron chi connectivity index (χ1n) is 8.17. The zero-order valence-electron chi connectivity index (χ0n) is 14.0. The van der Waals surface area contributed by atoms with Crippen molar-refractivity contribution in [3.8, 4) is 5.75 Å². The predicted molar refractivity (Wildman–Crippen MR) is 90.8 cm³/mol. The Kier molecular flexibility index (Phi) is 7.43. The Bertz CT molecular complexity index is 597. The Labute approximate surface area is 146 Å². The van der Waals surface area contributed by atoms with Gasteiger partial charge in [0.2, 0.25) is 0 Å². The maximum absolute atomic E-state index is 12.3. The number of carbonyl (C=O) groups excluding carboxylic acids is 1. The molecule has 0 radical (unpaired) electrons. The molecule has 1 aliphatic rings. The van der Waals surface area contributed by atoms with E-state index in [0.717, 1.165) is 19.4 Å². The molecule has 25 heavy (non-hydrogen) atoms. The number of amides is 1. The van der Waals surface area contributed by atoms with E-state index in [-0.39, 0.29) is 19.3 Å². The molecule has 136 valence electrons. The minimum Gasteiger partial charge on any atom is -0.491 e. The second-order valence-electron chi connectivity index (χ2n) is 5.66. The first kappa shape index (κ1) is 19.0. The number of hydrogen-bond acceptors (Lipinski definition) is 5. The molecule has 0 spiro atoms. The summed E-state index contributed by atoms with van der Waals surface area (Å²) in [5, 5.41) is 11.6. The Morgan fingerprint density at radius 1 is 1.48 bits per heavy atom. The van der Waals surface area contributed by atoms with E-state index in [2.05, 4.69) is 11.9 Å². The van der Waals surface area contributed by atoms with Crippen LogP contribution in [-0.2, 0) is 14.3 Å². The molecule has 2 atom stereocenters. The zero-order valence-corrected chi connectivity index (χ0v) is 14.0. The minimum atomic E-state index is -1.16. The van der Waals surface area contributed by atoms with Crippen LogP contribution < -0.4 is 10.1 Å². The van der Waals surface area contributed by atoms with Crippen LogP contribution in [0.3, 0.4) is 0 Å². The lowest BCUT2D eigenvalue weighted by atomic mass is 10.2. The summed E-state index contributed by atoms with van der Waals surface area (Å²) in [6.45, 7) is 4.74. The fourth-order valence-electron chi connectivity index (χ4n) is 2.38.